The van der Waals surface area contributed by atoms with Gasteiger partial charge in [-0.25, -0.2) is 4.79 Å². The third-order valence-electron chi connectivity index (χ3n) is 5.39. The van der Waals surface area contributed by atoms with Crippen LogP contribution >= 0.6 is 11.6 Å². The number of urea groups is 1. The summed E-state index contributed by atoms with van der Waals surface area (Å²) in [5, 5.41) is 14.9. The molecular weight excluding hydrogens is 410 g/mol. The molecule has 0 aliphatic carbocycles. The molecule has 2 N–H and O–H groups in total. The van der Waals surface area contributed by atoms with Gasteiger partial charge in [-0.05, 0) is 61.7 Å². The summed E-state index contributed by atoms with van der Waals surface area (Å²) in [5.74, 6) is 0.940. The molecule has 1 fully saturated rings. The molecule has 0 spiro atoms. The molecule has 160 valence electrons. The lowest BCUT2D eigenvalue weighted by Gasteiger charge is -2.20. The Morgan fingerprint density at radius 3 is 2.32 bits per heavy atom. The van der Waals surface area contributed by atoms with Gasteiger partial charge in [0.05, 0.1) is 16.4 Å². The highest BCUT2D eigenvalue weighted by molar-refractivity contribution is 6.33. The van der Waals surface area contributed by atoms with Gasteiger partial charge in [-0.1, -0.05) is 42.6 Å². The minimum Gasteiger partial charge on any atom is -0.355 e. The lowest BCUT2D eigenvalue weighted by atomic mass is 10.1. The third-order valence-corrected chi connectivity index (χ3v) is 5.72. The predicted octanol–water partition coefficient (Wildman–Crippen LogP) is 6.13. The van der Waals surface area contributed by atoms with Crippen molar-refractivity contribution in [3.63, 3.8) is 0 Å². The number of aryl methyl sites for hydroxylation is 1. The van der Waals surface area contributed by atoms with E-state index in [0.717, 1.165) is 35.7 Å². The number of hydrogen-bond acceptors (Lipinski definition) is 4. The number of anilines is 3. The molecule has 2 aromatic carbocycles. The van der Waals surface area contributed by atoms with Crippen LogP contribution in [0.3, 0.4) is 0 Å². The van der Waals surface area contributed by atoms with Crippen molar-refractivity contribution in [2.75, 3.05) is 28.6 Å². The molecular formula is C24H26ClN5O. The van der Waals surface area contributed by atoms with Crippen molar-refractivity contribution in [2.24, 2.45) is 0 Å². The molecule has 0 saturated carbocycles. The second kappa shape index (κ2) is 9.79. The number of aromatic nitrogens is 2. The maximum Gasteiger partial charge on any atom is 0.323 e. The van der Waals surface area contributed by atoms with Crippen molar-refractivity contribution in [3.05, 3.63) is 65.2 Å². The van der Waals surface area contributed by atoms with E-state index in [0.29, 0.717) is 16.4 Å². The van der Waals surface area contributed by atoms with Crippen molar-refractivity contribution < 1.29 is 4.79 Å². The smallest absolute Gasteiger partial charge is 0.323 e. The number of carbonyl (C=O) groups is 1. The van der Waals surface area contributed by atoms with Gasteiger partial charge in [0.1, 0.15) is 0 Å². The summed E-state index contributed by atoms with van der Waals surface area (Å²) >= 11 is 6.14. The van der Waals surface area contributed by atoms with Crippen molar-refractivity contribution >= 4 is 34.8 Å². The summed E-state index contributed by atoms with van der Waals surface area (Å²) in [6.45, 7) is 4.04. The Balaban J connectivity index is 1.38. The zero-order valence-corrected chi connectivity index (χ0v) is 18.3. The normalized spacial score (nSPS) is 14.1. The van der Waals surface area contributed by atoms with Crippen LogP contribution in [0.4, 0.5) is 22.0 Å². The van der Waals surface area contributed by atoms with Gasteiger partial charge in [0.25, 0.3) is 0 Å². The van der Waals surface area contributed by atoms with Crippen LogP contribution in [-0.4, -0.2) is 29.3 Å². The number of halogens is 1. The Morgan fingerprint density at radius 2 is 1.65 bits per heavy atom. The number of benzene rings is 2. The molecule has 6 nitrogen and oxygen atoms in total. The first-order valence-electron chi connectivity index (χ1n) is 10.6. The lowest BCUT2D eigenvalue weighted by molar-refractivity contribution is 0.262. The second-order valence-electron chi connectivity index (χ2n) is 7.82. The number of amides is 2. The van der Waals surface area contributed by atoms with E-state index < -0.39 is 0 Å². The molecule has 7 heteroatoms. The average molecular weight is 436 g/mol. The van der Waals surface area contributed by atoms with Crippen LogP contribution in [0.1, 0.15) is 31.2 Å². The van der Waals surface area contributed by atoms with E-state index in [1.807, 2.05) is 55.5 Å². The minimum absolute atomic E-state index is 0.346. The highest BCUT2D eigenvalue weighted by Gasteiger charge is 2.12. The summed E-state index contributed by atoms with van der Waals surface area (Å²) in [5.41, 5.74) is 4.03. The van der Waals surface area contributed by atoms with Crippen LogP contribution in [-0.2, 0) is 0 Å². The number of nitrogens with zero attached hydrogens (tertiary/aromatic N) is 3. The second-order valence-corrected chi connectivity index (χ2v) is 8.23. The fourth-order valence-electron chi connectivity index (χ4n) is 3.69. The first-order chi connectivity index (χ1) is 15.1. The van der Waals surface area contributed by atoms with Crippen molar-refractivity contribution in [1.29, 1.82) is 0 Å². The van der Waals surface area contributed by atoms with E-state index in [4.69, 9.17) is 11.6 Å². The first kappa shape index (κ1) is 21.1. The zero-order valence-electron chi connectivity index (χ0n) is 17.6. The summed E-state index contributed by atoms with van der Waals surface area (Å²) in [4.78, 5) is 14.6. The van der Waals surface area contributed by atoms with E-state index in [2.05, 4.69) is 25.7 Å². The number of nitrogens with one attached hydrogen (secondary N) is 2. The standard InChI is InChI=1S/C24H26ClN5O/c1-17-6-11-20(25)22(16-17)27-24(31)26-19-9-7-18(8-10-19)21-12-13-23(29-28-21)30-14-4-2-3-5-15-30/h6-13,16H,2-5,14-15H2,1H3,(H2,26,27,31). The summed E-state index contributed by atoms with van der Waals surface area (Å²) < 4.78 is 0. The van der Waals surface area contributed by atoms with E-state index in [9.17, 15) is 4.79 Å². The number of hydrogen-bond donors (Lipinski definition) is 2. The summed E-state index contributed by atoms with van der Waals surface area (Å²) in [6, 6.07) is 16.7. The van der Waals surface area contributed by atoms with Crippen LogP contribution in [0.25, 0.3) is 11.3 Å². The van der Waals surface area contributed by atoms with Gasteiger partial charge in [-0.15, -0.1) is 10.2 Å². The topological polar surface area (TPSA) is 70.2 Å². The molecule has 1 aromatic heterocycles. The van der Waals surface area contributed by atoms with Crippen molar-refractivity contribution in [2.45, 2.75) is 32.6 Å². The Kier molecular flexibility index (Phi) is 6.67. The zero-order chi connectivity index (χ0) is 21.6. The molecule has 0 bridgehead atoms. The molecule has 31 heavy (non-hydrogen) atoms. The molecule has 1 aliphatic rings. The van der Waals surface area contributed by atoms with Crippen LogP contribution in [0.15, 0.2) is 54.6 Å². The lowest BCUT2D eigenvalue weighted by Crippen LogP contribution is -2.25. The minimum atomic E-state index is -0.346. The van der Waals surface area contributed by atoms with Crippen molar-refractivity contribution in [3.8, 4) is 11.3 Å². The molecule has 1 aliphatic heterocycles. The fraction of sp³-hybridized carbons (Fsp3) is 0.292. The molecule has 0 atom stereocenters. The monoisotopic (exact) mass is 435 g/mol. The summed E-state index contributed by atoms with van der Waals surface area (Å²) in [6.07, 6.45) is 5.00. The third kappa shape index (κ3) is 5.52. The number of carbonyl (C=O) groups excluding carboxylic acids is 1. The molecule has 2 amide bonds. The van der Waals surface area contributed by atoms with E-state index >= 15 is 0 Å². The van der Waals surface area contributed by atoms with Crippen LogP contribution in [0.2, 0.25) is 5.02 Å². The molecule has 4 rings (SSSR count). The van der Waals surface area contributed by atoms with Crippen molar-refractivity contribution in [1.82, 2.24) is 10.2 Å². The molecule has 2 heterocycles. The molecule has 1 saturated heterocycles. The largest absolute Gasteiger partial charge is 0.355 e. The Morgan fingerprint density at radius 1 is 0.903 bits per heavy atom. The van der Waals surface area contributed by atoms with Crippen LogP contribution in [0, 0.1) is 6.92 Å². The van der Waals surface area contributed by atoms with Gasteiger partial charge in [0.2, 0.25) is 0 Å². The SMILES string of the molecule is Cc1ccc(Cl)c(NC(=O)Nc2ccc(-c3ccc(N4CCCCCC4)nn3)cc2)c1. The maximum absolute atomic E-state index is 12.3. The van der Waals surface area contributed by atoms with Crippen LogP contribution < -0.4 is 15.5 Å². The predicted molar refractivity (Wildman–Crippen MR) is 127 cm³/mol. The summed E-state index contributed by atoms with van der Waals surface area (Å²) in [7, 11) is 0. The molecule has 3 aromatic rings. The maximum atomic E-state index is 12.3. The van der Waals surface area contributed by atoms with Gasteiger partial charge in [0.15, 0.2) is 5.82 Å². The number of rotatable bonds is 4. The van der Waals surface area contributed by atoms with E-state index in [1.54, 1.807) is 6.07 Å². The van der Waals surface area contributed by atoms with Gasteiger partial charge >= 0.3 is 6.03 Å². The Bertz CT molecular complexity index is 1030. The molecule has 0 unspecified atom stereocenters. The molecule has 0 radical (unpaired) electrons. The van der Waals surface area contributed by atoms with E-state index in [-0.39, 0.29) is 6.03 Å². The highest BCUT2D eigenvalue weighted by Crippen LogP contribution is 2.24. The van der Waals surface area contributed by atoms with Gasteiger partial charge in [0, 0.05) is 24.3 Å². The Labute approximate surface area is 187 Å². The first-order valence-corrected chi connectivity index (χ1v) is 11.0. The van der Waals surface area contributed by atoms with Gasteiger partial charge in [-0.2, -0.15) is 0 Å². The van der Waals surface area contributed by atoms with Gasteiger partial charge in [-0.3, -0.25) is 0 Å². The highest BCUT2D eigenvalue weighted by atomic mass is 35.5. The van der Waals surface area contributed by atoms with Gasteiger partial charge < -0.3 is 15.5 Å². The van der Waals surface area contributed by atoms with Crippen LogP contribution in [0.5, 0.6) is 0 Å². The fourth-order valence-corrected chi connectivity index (χ4v) is 3.86. The average Bonchev–Trinajstić information content (AvgIpc) is 3.07. The Hall–Kier alpha value is -3.12. The van der Waals surface area contributed by atoms with E-state index in [1.165, 1.54) is 25.7 Å². The quantitative estimate of drug-likeness (QED) is 0.517.